The molecule has 0 aliphatic heterocycles. The van der Waals surface area contributed by atoms with Crippen molar-refractivity contribution in [2.75, 3.05) is 26.1 Å². The molecule has 0 atom stereocenters. The monoisotopic (exact) mass is 348 g/mol. The van der Waals surface area contributed by atoms with Crippen LogP contribution in [0.3, 0.4) is 0 Å². The van der Waals surface area contributed by atoms with Crippen molar-refractivity contribution in [2.45, 2.75) is 11.8 Å². The minimum Gasteiger partial charge on any atom is -0.311 e. The highest BCUT2D eigenvalue weighted by atomic mass is 32.2. The van der Waals surface area contributed by atoms with Crippen molar-refractivity contribution in [1.29, 1.82) is 0 Å². The second-order valence-corrected chi connectivity index (χ2v) is 7.26. The predicted molar refractivity (Wildman–Crippen MR) is 92.3 cm³/mol. The number of rotatable bonds is 5. The molecule has 7 heteroatoms. The lowest BCUT2D eigenvalue weighted by atomic mass is 10.1. The van der Waals surface area contributed by atoms with E-state index < -0.39 is 10.0 Å². The molecule has 0 saturated heterocycles. The molecule has 0 aliphatic rings. The number of hydroxylamine groups is 1. The van der Waals surface area contributed by atoms with Crippen molar-refractivity contribution in [3.05, 3.63) is 59.7 Å². The van der Waals surface area contributed by atoms with Crippen molar-refractivity contribution in [1.82, 2.24) is 4.47 Å². The van der Waals surface area contributed by atoms with Crippen LogP contribution in [0, 0.1) is 6.92 Å². The maximum Gasteiger partial charge on any atom is 0.264 e. The number of sulfonamides is 1. The minimum atomic E-state index is -3.72. The zero-order valence-corrected chi connectivity index (χ0v) is 14.9. The molecule has 0 radical (unpaired) electrons. The van der Waals surface area contributed by atoms with Gasteiger partial charge in [0.05, 0.1) is 12.0 Å². The smallest absolute Gasteiger partial charge is 0.264 e. The number of aryl methyl sites for hydroxylation is 1. The number of benzene rings is 2. The molecule has 0 aromatic heterocycles. The molecule has 24 heavy (non-hydrogen) atoms. The first-order chi connectivity index (χ1) is 11.3. The van der Waals surface area contributed by atoms with E-state index in [1.165, 1.54) is 43.3 Å². The van der Waals surface area contributed by atoms with Gasteiger partial charge >= 0.3 is 0 Å². The first-order valence-electron chi connectivity index (χ1n) is 7.25. The average Bonchev–Trinajstić information content (AvgIpc) is 2.60. The fraction of sp³-hybridized carbons (Fsp3) is 0.235. The van der Waals surface area contributed by atoms with Crippen LogP contribution in [0.2, 0.25) is 0 Å². The second kappa shape index (κ2) is 7.12. The molecule has 0 N–H and O–H groups in total. The van der Waals surface area contributed by atoms with E-state index in [0.29, 0.717) is 5.56 Å². The topological polar surface area (TPSA) is 66.9 Å². The fourth-order valence-electron chi connectivity index (χ4n) is 2.10. The molecule has 0 aliphatic carbocycles. The van der Waals surface area contributed by atoms with Crippen LogP contribution in [0.25, 0.3) is 0 Å². The largest absolute Gasteiger partial charge is 0.311 e. The van der Waals surface area contributed by atoms with Gasteiger partial charge in [-0.05, 0) is 43.3 Å². The summed E-state index contributed by atoms with van der Waals surface area (Å²) in [6.07, 6.45) is 0. The van der Waals surface area contributed by atoms with Crippen LogP contribution in [0.1, 0.15) is 15.9 Å². The number of carbonyl (C=O) groups is 1. The molecule has 0 unspecified atom stereocenters. The summed E-state index contributed by atoms with van der Waals surface area (Å²) in [5, 5.41) is 0. The number of nitrogens with zero attached hydrogens (tertiary/aromatic N) is 2. The first kappa shape index (κ1) is 18.1. The van der Waals surface area contributed by atoms with Gasteiger partial charge in [0.15, 0.2) is 0 Å². The summed E-state index contributed by atoms with van der Waals surface area (Å²) in [6.45, 7) is 1.97. The first-order valence-corrected chi connectivity index (χ1v) is 8.69. The van der Waals surface area contributed by atoms with E-state index in [1.807, 2.05) is 31.2 Å². The molecule has 0 saturated carbocycles. The van der Waals surface area contributed by atoms with Crippen LogP contribution < -0.4 is 4.90 Å². The standard InChI is InChI=1S/C17H20N2O4S/c1-13-5-9-15(10-6-13)18(2)17(20)14-7-11-16(12-8-14)24(21,22)19(3)23-4/h5-12H,1-4H3. The molecule has 0 fully saturated rings. The van der Waals surface area contributed by atoms with Gasteiger partial charge in [-0.25, -0.2) is 8.42 Å². The maximum atomic E-state index is 12.5. The lowest BCUT2D eigenvalue weighted by molar-refractivity contribution is -0.0258. The normalized spacial score (nSPS) is 11.5. The third-order valence-corrected chi connectivity index (χ3v) is 5.41. The minimum absolute atomic E-state index is 0.0568. The van der Waals surface area contributed by atoms with E-state index in [4.69, 9.17) is 4.84 Å². The van der Waals surface area contributed by atoms with E-state index in [-0.39, 0.29) is 10.8 Å². The Labute approximate surface area is 142 Å². The van der Waals surface area contributed by atoms with Crippen molar-refractivity contribution in [3.63, 3.8) is 0 Å². The Kier molecular flexibility index (Phi) is 5.38. The predicted octanol–water partition coefficient (Wildman–Crippen LogP) is 2.45. The summed E-state index contributed by atoms with van der Waals surface area (Å²) < 4.78 is 25.0. The number of amides is 1. The molecule has 0 spiro atoms. The number of carbonyl (C=O) groups excluding carboxylic acids is 1. The summed E-state index contributed by atoms with van der Waals surface area (Å²) in [6, 6.07) is 13.3. The number of hydrogen-bond donors (Lipinski definition) is 0. The third-order valence-electron chi connectivity index (χ3n) is 3.72. The van der Waals surface area contributed by atoms with Crippen LogP contribution in [0.15, 0.2) is 53.4 Å². The molecular formula is C17H20N2O4S. The zero-order valence-electron chi connectivity index (χ0n) is 14.1. The van der Waals surface area contributed by atoms with Crippen molar-refractivity contribution in [2.24, 2.45) is 0 Å². The van der Waals surface area contributed by atoms with Crippen molar-refractivity contribution < 1.29 is 18.0 Å². The SMILES string of the molecule is CON(C)S(=O)(=O)c1ccc(C(=O)N(C)c2ccc(C)cc2)cc1. The summed E-state index contributed by atoms with van der Waals surface area (Å²) in [5.41, 5.74) is 2.27. The lowest BCUT2D eigenvalue weighted by Gasteiger charge is -2.18. The molecule has 0 heterocycles. The van der Waals surface area contributed by atoms with Crippen LogP contribution >= 0.6 is 0 Å². The van der Waals surface area contributed by atoms with E-state index >= 15 is 0 Å². The van der Waals surface area contributed by atoms with E-state index in [2.05, 4.69) is 0 Å². The number of anilines is 1. The highest BCUT2D eigenvalue weighted by molar-refractivity contribution is 7.89. The molecule has 2 aromatic rings. The molecule has 2 rings (SSSR count). The summed E-state index contributed by atoms with van der Waals surface area (Å²) >= 11 is 0. The Morgan fingerprint density at radius 3 is 2.00 bits per heavy atom. The van der Waals surface area contributed by atoms with Crippen LogP contribution in [0.4, 0.5) is 5.69 Å². The second-order valence-electron chi connectivity index (χ2n) is 5.32. The highest BCUT2D eigenvalue weighted by Crippen LogP contribution is 2.19. The van der Waals surface area contributed by atoms with Gasteiger partial charge in [-0.2, -0.15) is 0 Å². The Balaban J connectivity index is 2.24. The van der Waals surface area contributed by atoms with Crippen molar-refractivity contribution in [3.8, 4) is 0 Å². The van der Waals surface area contributed by atoms with Gasteiger partial charge in [0.25, 0.3) is 15.9 Å². The fourth-order valence-corrected chi connectivity index (χ4v) is 3.07. The molecule has 2 aromatic carbocycles. The van der Waals surface area contributed by atoms with E-state index in [1.54, 1.807) is 7.05 Å². The van der Waals surface area contributed by atoms with Gasteiger partial charge in [-0.15, -0.1) is 0 Å². The molecular weight excluding hydrogens is 328 g/mol. The maximum absolute atomic E-state index is 12.5. The Bertz CT molecular complexity index is 815. The number of hydrogen-bond acceptors (Lipinski definition) is 4. The van der Waals surface area contributed by atoms with Gasteiger partial charge < -0.3 is 4.90 Å². The molecule has 128 valence electrons. The Hall–Kier alpha value is -2.22. The average molecular weight is 348 g/mol. The highest BCUT2D eigenvalue weighted by Gasteiger charge is 2.21. The van der Waals surface area contributed by atoms with Gasteiger partial charge in [0.2, 0.25) is 0 Å². The Morgan fingerprint density at radius 1 is 0.958 bits per heavy atom. The van der Waals surface area contributed by atoms with E-state index in [0.717, 1.165) is 15.7 Å². The lowest BCUT2D eigenvalue weighted by Crippen LogP contribution is -2.27. The van der Waals surface area contributed by atoms with E-state index in [9.17, 15) is 13.2 Å². The summed E-state index contributed by atoms with van der Waals surface area (Å²) in [7, 11) is 0.529. The van der Waals surface area contributed by atoms with Gasteiger partial charge in [0, 0.05) is 25.3 Å². The zero-order chi connectivity index (χ0) is 17.9. The van der Waals surface area contributed by atoms with Crippen LogP contribution in [0.5, 0.6) is 0 Å². The van der Waals surface area contributed by atoms with Gasteiger partial charge in [-0.3, -0.25) is 9.63 Å². The molecule has 0 bridgehead atoms. The quantitative estimate of drug-likeness (QED) is 0.779. The third kappa shape index (κ3) is 3.64. The van der Waals surface area contributed by atoms with Crippen LogP contribution in [-0.4, -0.2) is 40.0 Å². The summed E-state index contributed by atoms with van der Waals surface area (Å²) in [4.78, 5) is 18.8. The molecule has 1 amide bonds. The van der Waals surface area contributed by atoms with Gasteiger partial charge in [0.1, 0.15) is 0 Å². The molecule has 6 nitrogen and oxygen atoms in total. The van der Waals surface area contributed by atoms with Crippen molar-refractivity contribution >= 4 is 21.6 Å². The summed E-state index contributed by atoms with van der Waals surface area (Å²) in [5.74, 6) is -0.220. The Morgan fingerprint density at radius 2 is 1.50 bits per heavy atom. The van der Waals surface area contributed by atoms with Gasteiger partial charge in [-0.1, -0.05) is 22.2 Å². The van der Waals surface area contributed by atoms with Crippen LogP contribution in [-0.2, 0) is 14.9 Å².